The number of piperidine rings is 1. The Morgan fingerprint density at radius 2 is 1.95 bits per heavy atom. The predicted octanol–water partition coefficient (Wildman–Crippen LogP) is 3.17. The predicted molar refractivity (Wildman–Crippen MR) is 79.8 cm³/mol. The van der Waals surface area contributed by atoms with Crippen LogP contribution in [0.1, 0.15) is 64.7 Å². The molecule has 114 valence electrons. The molecule has 1 spiro atoms. The minimum absolute atomic E-state index is 0.235. The SMILES string of the molecule is CC(=O)C1CCCN(CC2CCC3(CCCCC3)O2)C1. The fraction of sp³-hybridized carbons (Fsp3) is 0.941. The fourth-order valence-electron chi connectivity index (χ4n) is 4.43. The fourth-order valence-corrected chi connectivity index (χ4v) is 4.43. The molecule has 3 aliphatic rings. The van der Waals surface area contributed by atoms with Gasteiger partial charge in [-0.25, -0.2) is 0 Å². The molecular formula is C17H29NO2. The van der Waals surface area contributed by atoms with Gasteiger partial charge >= 0.3 is 0 Å². The van der Waals surface area contributed by atoms with Gasteiger partial charge in [-0.15, -0.1) is 0 Å². The quantitative estimate of drug-likeness (QED) is 0.794. The Bertz CT molecular complexity index is 349. The lowest BCUT2D eigenvalue weighted by atomic mass is 9.83. The third-order valence-electron chi connectivity index (χ3n) is 5.65. The van der Waals surface area contributed by atoms with Crippen molar-refractivity contribution in [3.8, 4) is 0 Å². The largest absolute Gasteiger partial charge is 0.370 e. The van der Waals surface area contributed by atoms with E-state index in [9.17, 15) is 4.79 Å². The van der Waals surface area contributed by atoms with Crippen LogP contribution in [0.4, 0.5) is 0 Å². The maximum Gasteiger partial charge on any atom is 0.134 e. The topological polar surface area (TPSA) is 29.5 Å². The monoisotopic (exact) mass is 279 g/mol. The first-order chi connectivity index (χ1) is 9.67. The standard InChI is InChI=1S/C17H29NO2/c1-14(19)15-6-5-11-18(12-15)13-16-7-10-17(20-16)8-3-2-4-9-17/h15-16H,2-13H2,1H3. The van der Waals surface area contributed by atoms with Crippen LogP contribution in [0.5, 0.6) is 0 Å². The third kappa shape index (κ3) is 3.25. The van der Waals surface area contributed by atoms with Gasteiger partial charge in [-0.2, -0.15) is 0 Å². The van der Waals surface area contributed by atoms with Crippen molar-refractivity contribution >= 4 is 5.78 Å². The summed E-state index contributed by atoms with van der Waals surface area (Å²) in [4.78, 5) is 14.0. The summed E-state index contributed by atoms with van der Waals surface area (Å²) in [5, 5.41) is 0. The summed E-state index contributed by atoms with van der Waals surface area (Å²) in [6, 6.07) is 0. The van der Waals surface area contributed by atoms with Gasteiger partial charge in [-0.05, 0) is 52.0 Å². The minimum Gasteiger partial charge on any atom is -0.370 e. The highest BCUT2D eigenvalue weighted by atomic mass is 16.5. The smallest absolute Gasteiger partial charge is 0.134 e. The first kappa shape index (κ1) is 14.5. The number of Topliss-reactive ketones (excluding diaryl/α,β-unsaturated/α-hetero) is 1. The highest BCUT2D eigenvalue weighted by Gasteiger charge is 2.41. The Hall–Kier alpha value is -0.410. The minimum atomic E-state index is 0.235. The van der Waals surface area contributed by atoms with Crippen LogP contribution in [0.25, 0.3) is 0 Å². The van der Waals surface area contributed by atoms with Gasteiger partial charge in [-0.1, -0.05) is 19.3 Å². The van der Waals surface area contributed by atoms with Crippen molar-refractivity contribution in [1.29, 1.82) is 0 Å². The molecule has 0 aromatic heterocycles. The highest BCUT2D eigenvalue weighted by Crippen LogP contribution is 2.42. The lowest BCUT2D eigenvalue weighted by molar-refractivity contribution is -0.123. The van der Waals surface area contributed by atoms with E-state index in [1.54, 1.807) is 6.92 Å². The van der Waals surface area contributed by atoms with Crippen LogP contribution in [0.15, 0.2) is 0 Å². The number of rotatable bonds is 3. The van der Waals surface area contributed by atoms with E-state index in [2.05, 4.69) is 4.90 Å². The van der Waals surface area contributed by atoms with Gasteiger partial charge in [0.25, 0.3) is 0 Å². The number of hydrogen-bond donors (Lipinski definition) is 0. The van der Waals surface area contributed by atoms with Crippen molar-refractivity contribution in [2.75, 3.05) is 19.6 Å². The first-order valence-corrected chi connectivity index (χ1v) is 8.57. The molecule has 0 amide bonds. The van der Waals surface area contributed by atoms with Gasteiger partial charge in [0.1, 0.15) is 5.78 Å². The molecule has 2 saturated heterocycles. The summed E-state index contributed by atoms with van der Waals surface area (Å²) in [5.41, 5.74) is 0.235. The second-order valence-electron chi connectivity index (χ2n) is 7.23. The second-order valence-corrected chi connectivity index (χ2v) is 7.23. The Kier molecular flexibility index (Phi) is 4.46. The average Bonchev–Trinajstić information content (AvgIpc) is 2.82. The van der Waals surface area contributed by atoms with E-state index in [1.165, 1.54) is 51.4 Å². The average molecular weight is 279 g/mol. The molecule has 0 aromatic rings. The molecule has 0 bridgehead atoms. The first-order valence-electron chi connectivity index (χ1n) is 8.57. The molecule has 2 atom stereocenters. The lowest BCUT2D eigenvalue weighted by Gasteiger charge is -2.36. The Morgan fingerprint density at radius 1 is 1.15 bits per heavy atom. The molecule has 1 saturated carbocycles. The van der Waals surface area contributed by atoms with Gasteiger partial charge < -0.3 is 9.64 Å². The van der Waals surface area contributed by atoms with Crippen LogP contribution in [0, 0.1) is 5.92 Å². The summed E-state index contributed by atoms with van der Waals surface area (Å²) in [6.07, 6.45) is 11.8. The van der Waals surface area contributed by atoms with Crippen LogP contribution < -0.4 is 0 Å². The van der Waals surface area contributed by atoms with Crippen LogP contribution in [-0.2, 0) is 9.53 Å². The molecule has 2 aliphatic heterocycles. The lowest BCUT2D eigenvalue weighted by Crippen LogP contribution is -2.42. The van der Waals surface area contributed by atoms with E-state index in [4.69, 9.17) is 4.74 Å². The number of nitrogens with zero attached hydrogens (tertiary/aromatic N) is 1. The van der Waals surface area contributed by atoms with Gasteiger partial charge in [0.05, 0.1) is 11.7 Å². The van der Waals surface area contributed by atoms with Crippen molar-refractivity contribution < 1.29 is 9.53 Å². The van der Waals surface area contributed by atoms with Gasteiger partial charge in [0.2, 0.25) is 0 Å². The van der Waals surface area contributed by atoms with Gasteiger partial charge in [0, 0.05) is 19.0 Å². The van der Waals surface area contributed by atoms with Crippen LogP contribution in [0.2, 0.25) is 0 Å². The molecule has 2 unspecified atom stereocenters. The molecule has 0 N–H and O–H groups in total. The molecule has 3 heteroatoms. The Labute approximate surface area is 123 Å². The Balaban J connectivity index is 1.50. The van der Waals surface area contributed by atoms with Crippen LogP contribution >= 0.6 is 0 Å². The highest BCUT2D eigenvalue weighted by molar-refractivity contribution is 5.78. The number of likely N-dealkylation sites (tertiary alicyclic amines) is 1. The molecule has 0 radical (unpaired) electrons. The number of carbonyl (C=O) groups is 1. The van der Waals surface area contributed by atoms with Crippen molar-refractivity contribution in [1.82, 2.24) is 4.90 Å². The van der Waals surface area contributed by atoms with E-state index in [0.717, 1.165) is 26.1 Å². The van der Waals surface area contributed by atoms with E-state index >= 15 is 0 Å². The summed E-state index contributed by atoms with van der Waals surface area (Å²) in [5.74, 6) is 0.639. The molecule has 3 rings (SSSR count). The zero-order chi connectivity index (χ0) is 14.0. The maximum atomic E-state index is 11.6. The molecule has 3 nitrogen and oxygen atoms in total. The van der Waals surface area contributed by atoms with Gasteiger partial charge in [-0.3, -0.25) is 4.79 Å². The van der Waals surface area contributed by atoms with Gasteiger partial charge in [0.15, 0.2) is 0 Å². The number of hydrogen-bond acceptors (Lipinski definition) is 3. The van der Waals surface area contributed by atoms with Crippen LogP contribution in [0.3, 0.4) is 0 Å². The summed E-state index contributed by atoms with van der Waals surface area (Å²) in [6.45, 7) is 4.90. The summed E-state index contributed by atoms with van der Waals surface area (Å²) >= 11 is 0. The second kappa shape index (κ2) is 6.15. The number of ether oxygens (including phenoxy) is 1. The molecule has 1 aliphatic carbocycles. The van der Waals surface area contributed by atoms with Crippen molar-refractivity contribution in [3.05, 3.63) is 0 Å². The summed E-state index contributed by atoms with van der Waals surface area (Å²) < 4.78 is 6.46. The summed E-state index contributed by atoms with van der Waals surface area (Å²) in [7, 11) is 0. The number of carbonyl (C=O) groups excluding carboxylic acids is 1. The molecule has 0 aromatic carbocycles. The third-order valence-corrected chi connectivity index (χ3v) is 5.65. The van der Waals surface area contributed by atoms with Crippen LogP contribution in [-0.4, -0.2) is 42.0 Å². The molecule has 20 heavy (non-hydrogen) atoms. The van der Waals surface area contributed by atoms with E-state index < -0.39 is 0 Å². The van der Waals surface area contributed by atoms with E-state index in [1.807, 2.05) is 0 Å². The Morgan fingerprint density at radius 3 is 2.70 bits per heavy atom. The molecule has 3 fully saturated rings. The van der Waals surface area contributed by atoms with Crippen molar-refractivity contribution in [2.24, 2.45) is 5.92 Å². The molecule has 2 heterocycles. The van der Waals surface area contributed by atoms with E-state index in [-0.39, 0.29) is 11.5 Å². The zero-order valence-corrected chi connectivity index (χ0v) is 12.9. The molecular weight excluding hydrogens is 250 g/mol. The van der Waals surface area contributed by atoms with E-state index in [0.29, 0.717) is 11.9 Å². The maximum absolute atomic E-state index is 11.6. The van der Waals surface area contributed by atoms with Crippen molar-refractivity contribution in [2.45, 2.75) is 76.4 Å². The zero-order valence-electron chi connectivity index (χ0n) is 12.9. The normalized spacial score (nSPS) is 34.5. The van der Waals surface area contributed by atoms with Crippen molar-refractivity contribution in [3.63, 3.8) is 0 Å². The number of ketones is 1.